The first kappa shape index (κ1) is 14.4. The normalized spacial score (nSPS) is 25.5. The average Bonchev–Trinajstić information content (AvgIpc) is 2.26. The van der Waals surface area contributed by atoms with Crippen molar-refractivity contribution in [2.24, 2.45) is 0 Å². The number of hydrogen-bond acceptors (Lipinski definition) is 3. The van der Waals surface area contributed by atoms with Gasteiger partial charge in [0.25, 0.3) is 0 Å². The van der Waals surface area contributed by atoms with Gasteiger partial charge in [0.2, 0.25) is 10.0 Å². The Balaban J connectivity index is 2.36. The molecule has 7 heteroatoms. The fourth-order valence-corrected chi connectivity index (χ4v) is 3.79. The van der Waals surface area contributed by atoms with Crippen LogP contribution in [-0.4, -0.2) is 38.0 Å². The second kappa shape index (κ2) is 5.15. The van der Waals surface area contributed by atoms with Gasteiger partial charge in [-0.1, -0.05) is 0 Å². The molecule has 0 saturated carbocycles. The lowest BCUT2D eigenvalue weighted by molar-refractivity contribution is -0.0440. The second-order valence-electron chi connectivity index (χ2n) is 4.68. The maximum atomic E-state index is 13.1. The lowest BCUT2D eigenvalue weighted by atomic mass is 10.3. The predicted molar refractivity (Wildman–Crippen MR) is 65.1 cm³/mol. The van der Waals surface area contributed by atoms with Crippen molar-refractivity contribution in [2.45, 2.75) is 31.0 Å². The van der Waals surface area contributed by atoms with Crippen LogP contribution < -0.4 is 0 Å². The van der Waals surface area contributed by atoms with Gasteiger partial charge in [-0.2, -0.15) is 4.31 Å². The van der Waals surface area contributed by atoms with Crippen molar-refractivity contribution >= 4 is 10.0 Å². The molecule has 0 N–H and O–H groups in total. The van der Waals surface area contributed by atoms with Crippen LogP contribution in [-0.2, 0) is 14.8 Å². The number of sulfonamides is 1. The van der Waals surface area contributed by atoms with Crippen molar-refractivity contribution in [3.63, 3.8) is 0 Å². The third kappa shape index (κ3) is 3.10. The van der Waals surface area contributed by atoms with E-state index in [1.54, 1.807) is 13.8 Å². The first-order chi connectivity index (χ1) is 8.79. The third-order valence-electron chi connectivity index (χ3n) is 2.86. The lowest BCUT2D eigenvalue weighted by Gasteiger charge is -2.34. The quantitative estimate of drug-likeness (QED) is 0.834. The van der Waals surface area contributed by atoms with E-state index in [1.807, 2.05) is 0 Å². The number of hydrogen-bond donors (Lipinski definition) is 0. The number of morpholine rings is 1. The summed E-state index contributed by atoms with van der Waals surface area (Å²) in [5.41, 5.74) is 0. The van der Waals surface area contributed by atoms with E-state index >= 15 is 0 Å². The smallest absolute Gasteiger partial charge is 0.243 e. The molecule has 1 aliphatic heterocycles. The molecule has 1 aromatic rings. The summed E-state index contributed by atoms with van der Waals surface area (Å²) in [5, 5.41) is 0. The zero-order valence-corrected chi connectivity index (χ0v) is 11.5. The number of benzene rings is 1. The fraction of sp³-hybridized carbons (Fsp3) is 0.500. The van der Waals surface area contributed by atoms with Crippen molar-refractivity contribution in [1.82, 2.24) is 4.31 Å². The summed E-state index contributed by atoms with van der Waals surface area (Å²) in [7, 11) is -3.90. The van der Waals surface area contributed by atoms with Crippen molar-refractivity contribution in [1.29, 1.82) is 0 Å². The van der Waals surface area contributed by atoms with E-state index in [1.165, 1.54) is 4.31 Å². The maximum absolute atomic E-state index is 13.1. The molecule has 19 heavy (non-hydrogen) atoms. The van der Waals surface area contributed by atoms with E-state index in [4.69, 9.17) is 4.74 Å². The van der Waals surface area contributed by atoms with E-state index in [0.717, 1.165) is 12.1 Å². The van der Waals surface area contributed by atoms with Crippen LogP contribution in [0.15, 0.2) is 23.1 Å². The molecule has 1 aromatic carbocycles. The summed E-state index contributed by atoms with van der Waals surface area (Å²) in [6, 6.07) is 2.29. The van der Waals surface area contributed by atoms with Gasteiger partial charge in [-0.3, -0.25) is 0 Å². The molecule has 0 aliphatic carbocycles. The molecule has 0 aromatic heterocycles. The fourth-order valence-electron chi connectivity index (χ4n) is 2.15. The number of halogens is 2. The highest BCUT2D eigenvalue weighted by molar-refractivity contribution is 7.89. The molecule has 1 saturated heterocycles. The van der Waals surface area contributed by atoms with Crippen molar-refractivity contribution in [3.8, 4) is 0 Å². The molecule has 2 atom stereocenters. The summed E-state index contributed by atoms with van der Waals surface area (Å²) >= 11 is 0. The molecule has 0 unspecified atom stereocenters. The molecule has 1 heterocycles. The van der Waals surface area contributed by atoms with Gasteiger partial charge in [-0.25, -0.2) is 17.2 Å². The monoisotopic (exact) mass is 291 g/mol. The van der Waals surface area contributed by atoms with Crippen molar-refractivity contribution < 1.29 is 21.9 Å². The van der Waals surface area contributed by atoms with E-state index in [-0.39, 0.29) is 30.2 Å². The van der Waals surface area contributed by atoms with Crippen LogP contribution in [0.3, 0.4) is 0 Å². The molecular weight excluding hydrogens is 276 g/mol. The Kier molecular flexibility index (Phi) is 3.89. The van der Waals surface area contributed by atoms with E-state index in [2.05, 4.69) is 0 Å². The van der Waals surface area contributed by atoms with Crippen LogP contribution >= 0.6 is 0 Å². The first-order valence-corrected chi connectivity index (χ1v) is 7.35. The standard InChI is InChI=1S/C12H15F2NO3S/c1-8-6-15(7-9(2)18-8)19(16,17)12-4-10(13)3-11(14)5-12/h3-5,8-9H,6-7H2,1-2H3/t8-,9+. The summed E-state index contributed by atoms with van der Waals surface area (Å²) in [6.07, 6.45) is -0.506. The van der Waals surface area contributed by atoms with Crippen LogP contribution in [0.5, 0.6) is 0 Å². The Morgan fingerprint density at radius 1 is 1.11 bits per heavy atom. The first-order valence-electron chi connectivity index (χ1n) is 5.91. The Bertz CT molecular complexity index is 546. The highest BCUT2D eigenvalue weighted by atomic mass is 32.2. The largest absolute Gasteiger partial charge is 0.373 e. The van der Waals surface area contributed by atoms with Gasteiger partial charge in [-0.05, 0) is 26.0 Å². The zero-order chi connectivity index (χ0) is 14.2. The lowest BCUT2D eigenvalue weighted by Crippen LogP contribution is -2.48. The minimum atomic E-state index is -3.90. The minimum absolute atomic E-state index is 0.171. The van der Waals surface area contributed by atoms with Crippen LogP contribution in [0, 0.1) is 11.6 Å². The van der Waals surface area contributed by atoms with Gasteiger partial charge in [0, 0.05) is 19.2 Å². The SMILES string of the molecule is C[C@@H]1CN(S(=O)(=O)c2cc(F)cc(F)c2)C[C@H](C)O1. The van der Waals surface area contributed by atoms with Gasteiger partial charge in [0.15, 0.2) is 0 Å². The van der Waals surface area contributed by atoms with Crippen LogP contribution in [0.2, 0.25) is 0 Å². The third-order valence-corrected chi connectivity index (χ3v) is 4.67. The highest BCUT2D eigenvalue weighted by Crippen LogP contribution is 2.22. The zero-order valence-electron chi connectivity index (χ0n) is 10.6. The molecule has 0 radical (unpaired) electrons. The van der Waals surface area contributed by atoms with Gasteiger partial charge >= 0.3 is 0 Å². The summed E-state index contributed by atoms with van der Waals surface area (Å²) in [4.78, 5) is -0.369. The number of nitrogens with zero attached hydrogens (tertiary/aromatic N) is 1. The Labute approximate surface area is 111 Å². The Hall–Kier alpha value is -1.05. The van der Waals surface area contributed by atoms with Crippen molar-refractivity contribution in [3.05, 3.63) is 29.8 Å². The predicted octanol–water partition coefficient (Wildman–Crippen LogP) is 1.76. The van der Waals surface area contributed by atoms with Crippen molar-refractivity contribution in [2.75, 3.05) is 13.1 Å². The van der Waals surface area contributed by atoms with Gasteiger partial charge in [0.05, 0.1) is 17.1 Å². The average molecular weight is 291 g/mol. The maximum Gasteiger partial charge on any atom is 0.243 e. The van der Waals surface area contributed by atoms with Crippen LogP contribution in [0.25, 0.3) is 0 Å². The summed E-state index contributed by atoms with van der Waals surface area (Å²) < 4.78 is 57.5. The number of rotatable bonds is 2. The molecule has 1 fully saturated rings. The van der Waals surface area contributed by atoms with E-state index in [9.17, 15) is 17.2 Å². The molecule has 106 valence electrons. The number of ether oxygens (including phenoxy) is 1. The van der Waals surface area contributed by atoms with Gasteiger partial charge < -0.3 is 4.74 Å². The topological polar surface area (TPSA) is 46.6 Å². The minimum Gasteiger partial charge on any atom is -0.373 e. The Morgan fingerprint density at radius 2 is 1.58 bits per heavy atom. The van der Waals surface area contributed by atoms with Gasteiger partial charge in [0.1, 0.15) is 11.6 Å². The highest BCUT2D eigenvalue weighted by Gasteiger charge is 2.32. The molecule has 0 amide bonds. The van der Waals surface area contributed by atoms with Crippen LogP contribution in [0.4, 0.5) is 8.78 Å². The molecule has 1 aliphatic rings. The molecule has 0 bridgehead atoms. The molecular formula is C12H15F2NO3S. The molecule has 0 spiro atoms. The van der Waals surface area contributed by atoms with E-state index in [0.29, 0.717) is 6.07 Å². The second-order valence-corrected chi connectivity index (χ2v) is 6.62. The summed E-state index contributed by atoms with van der Waals surface area (Å²) in [6.45, 7) is 3.85. The molecule has 4 nitrogen and oxygen atoms in total. The van der Waals surface area contributed by atoms with E-state index < -0.39 is 21.7 Å². The Morgan fingerprint density at radius 3 is 2.05 bits per heavy atom. The van der Waals surface area contributed by atoms with Crippen LogP contribution in [0.1, 0.15) is 13.8 Å². The molecule has 2 rings (SSSR count). The van der Waals surface area contributed by atoms with Gasteiger partial charge in [-0.15, -0.1) is 0 Å². The summed E-state index contributed by atoms with van der Waals surface area (Å²) in [5.74, 6) is -1.82.